The highest BCUT2D eigenvalue weighted by Gasteiger charge is 2.22. The third-order valence-electron chi connectivity index (χ3n) is 6.81. The summed E-state index contributed by atoms with van der Waals surface area (Å²) >= 11 is 0. The molecule has 38 heavy (non-hydrogen) atoms. The summed E-state index contributed by atoms with van der Waals surface area (Å²) in [6.07, 6.45) is 7.24. The Hall–Kier alpha value is -4.40. The number of nitrogens with one attached hydrogen (secondary N) is 1. The summed E-state index contributed by atoms with van der Waals surface area (Å²) in [5, 5.41) is 8.59. The molecule has 0 saturated carbocycles. The quantitative estimate of drug-likeness (QED) is 0.279. The second-order valence-electron chi connectivity index (χ2n) is 9.91. The van der Waals surface area contributed by atoms with Crippen LogP contribution in [-0.2, 0) is 0 Å². The van der Waals surface area contributed by atoms with Gasteiger partial charge in [0.25, 0.3) is 0 Å². The predicted molar refractivity (Wildman–Crippen MR) is 149 cm³/mol. The van der Waals surface area contributed by atoms with Gasteiger partial charge in [-0.25, -0.2) is 19.5 Å². The summed E-state index contributed by atoms with van der Waals surface area (Å²) in [5.41, 5.74) is 4.62. The average molecular weight is 510 g/mol. The van der Waals surface area contributed by atoms with E-state index in [2.05, 4.69) is 56.2 Å². The Bertz CT molecular complexity index is 1600. The maximum Gasteiger partial charge on any atom is 0.158 e. The molecule has 1 unspecified atom stereocenters. The SMILES string of the molecule is CCCCN1CC(C)COc2cc3ncnc(Nc4ccc(Oc5ccn6ncnc6c5)c(C)c4)c3cc21. The van der Waals surface area contributed by atoms with E-state index in [1.165, 1.54) is 6.33 Å². The van der Waals surface area contributed by atoms with Crippen LogP contribution in [-0.4, -0.2) is 44.3 Å². The highest BCUT2D eigenvalue weighted by molar-refractivity contribution is 5.95. The van der Waals surface area contributed by atoms with E-state index < -0.39 is 0 Å². The topological polar surface area (TPSA) is 89.7 Å². The standard InChI is InChI=1S/C29H31N7O2/c1-4-5-9-35-15-19(2)16-37-27-14-24-23(13-25(27)35)29(32-17-30-24)34-21-6-7-26(20(3)11-21)38-22-8-10-36-28(12-22)31-18-33-36/h6-8,10-14,17-19H,4-5,9,15-16H2,1-3H3,(H,30,32,34). The number of nitrogens with zero attached hydrogens (tertiary/aromatic N) is 6. The van der Waals surface area contributed by atoms with Crippen LogP contribution in [0, 0.1) is 12.8 Å². The third kappa shape index (κ3) is 4.79. The fourth-order valence-corrected chi connectivity index (χ4v) is 4.82. The predicted octanol–water partition coefficient (Wildman–Crippen LogP) is 6.15. The first-order chi connectivity index (χ1) is 18.6. The van der Waals surface area contributed by atoms with Gasteiger partial charge in [0, 0.05) is 48.4 Å². The minimum Gasteiger partial charge on any atom is -0.491 e. The number of ether oxygens (including phenoxy) is 2. The van der Waals surface area contributed by atoms with Gasteiger partial charge in [-0.1, -0.05) is 20.3 Å². The molecule has 9 nitrogen and oxygen atoms in total. The number of hydrogen-bond donors (Lipinski definition) is 1. The molecule has 1 N–H and O–H groups in total. The van der Waals surface area contributed by atoms with Crippen molar-refractivity contribution in [3.8, 4) is 17.2 Å². The van der Waals surface area contributed by atoms with Crippen LogP contribution in [0.15, 0.2) is 61.3 Å². The van der Waals surface area contributed by atoms with Crippen molar-refractivity contribution in [1.29, 1.82) is 0 Å². The Kier molecular flexibility index (Phi) is 6.41. The molecule has 2 aromatic carbocycles. The number of rotatable bonds is 7. The maximum absolute atomic E-state index is 6.19. The van der Waals surface area contributed by atoms with E-state index in [9.17, 15) is 0 Å². The zero-order valence-electron chi connectivity index (χ0n) is 21.9. The zero-order chi connectivity index (χ0) is 26.1. The van der Waals surface area contributed by atoms with E-state index in [1.807, 2.05) is 43.5 Å². The Labute approximate surface area is 221 Å². The molecule has 0 fully saturated rings. The van der Waals surface area contributed by atoms with Crippen molar-refractivity contribution in [3.05, 3.63) is 66.9 Å². The number of fused-ring (bicyclic) bond motifs is 3. The first-order valence-electron chi connectivity index (χ1n) is 13.1. The second kappa shape index (κ2) is 10.2. The van der Waals surface area contributed by atoms with E-state index in [0.29, 0.717) is 18.3 Å². The maximum atomic E-state index is 6.19. The summed E-state index contributed by atoms with van der Waals surface area (Å²) in [5.74, 6) is 3.59. The van der Waals surface area contributed by atoms with E-state index in [0.717, 1.165) is 76.7 Å². The molecule has 0 radical (unpaired) electrons. The molecule has 1 aliphatic heterocycles. The largest absolute Gasteiger partial charge is 0.491 e. The fraction of sp³-hybridized carbons (Fsp3) is 0.310. The van der Waals surface area contributed by atoms with Crippen molar-refractivity contribution in [2.45, 2.75) is 33.6 Å². The number of benzene rings is 2. The average Bonchev–Trinajstić information content (AvgIpc) is 3.33. The smallest absolute Gasteiger partial charge is 0.158 e. The summed E-state index contributed by atoms with van der Waals surface area (Å²) in [6, 6.07) is 14.0. The van der Waals surface area contributed by atoms with Crippen LogP contribution in [0.3, 0.4) is 0 Å². The molecule has 9 heteroatoms. The van der Waals surface area contributed by atoms with Gasteiger partial charge in [0.05, 0.1) is 17.8 Å². The highest BCUT2D eigenvalue weighted by atomic mass is 16.5. The van der Waals surface area contributed by atoms with Crippen LogP contribution < -0.4 is 19.7 Å². The number of aryl methyl sites for hydroxylation is 1. The summed E-state index contributed by atoms with van der Waals surface area (Å²) in [6.45, 7) is 9.17. The Morgan fingerprint density at radius 3 is 2.87 bits per heavy atom. The Morgan fingerprint density at radius 1 is 1.08 bits per heavy atom. The lowest BCUT2D eigenvalue weighted by Gasteiger charge is -2.25. The molecule has 6 rings (SSSR count). The van der Waals surface area contributed by atoms with Crippen molar-refractivity contribution >= 4 is 33.7 Å². The number of anilines is 3. The van der Waals surface area contributed by atoms with Gasteiger partial charge in [-0.05, 0) is 49.2 Å². The van der Waals surface area contributed by atoms with Crippen LogP contribution in [0.25, 0.3) is 16.6 Å². The lowest BCUT2D eigenvalue weighted by molar-refractivity contribution is 0.274. The minimum absolute atomic E-state index is 0.452. The van der Waals surface area contributed by atoms with Crippen LogP contribution >= 0.6 is 0 Å². The highest BCUT2D eigenvalue weighted by Crippen LogP contribution is 2.38. The molecular formula is C29H31N7O2. The van der Waals surface area contributed by atoms with Gasteiger partial charge in [-0.15, -0.1) is 0 Å². The van der Waals surface area contributed by atoms with Crippen LogP contribution in [0.4, 0.5) is 17.2 Å². The second-order valence-corrected chi connectivity index (χ2v) is 9.91. The van der Waals surface area contributed by atoms with Gasteiger partial charge in [0.1, 0.15) is 35.7 Å². The first kappa shape index (κ1) is 24.0. The van der Waals surface area contributed by atoms with Gasteiger partial charge < -0.3 is 19.7 Å². The van der Waals surface area contributed by atoms with Crippen molar-refractivity contribution in [2.24, 2.45) is 5.92 Å². The third-order valence-corrected chi connectivity index (χ3v) is 6.81. The van der Waals surface area contributed by atoms with Gasteiger partial charge in [-0.3, -0.25) is 0 Å². The van der Waals surface area contributed by atoms with E-state index in [4.69, 9.17) is 9.47 Å². The number of aromatic nitrogens is 5. The number of unbranched alkanes of at least 4 members (excludes halogenated alkanes) is 1. The van der Waals surface area contributed by atoms with Gasteiger partial charge in [-0.2, -0.15) is 5.10 Å². The van der Waals surface area contributed by atoms with Gasteiger partial charge in [0.15, 0.2) is 5.65 Å². The molecule has 1 aliphatic rings. The van der Waals surface area contributed by atoms with Crippen LogP contribution in [0.2, 0.25) is 0 Å². The Morgan fingerprint density at radius 2 is 2.00 bits per heavy atom. The molecule has 0 spiro atoms. The first-order valence-corrected chi connectivity index (χ1v) is 13.1. The van der Waals surface area contributed by atoms with Crippen molar-refractivity contribution in [1.82, 2.24) is 24.6 Å². The lowest BCUT2D eigenvalue weighted by atomic mass is 10.1. The normalized spacial score (nSPS) is 15.2. The molecule has 194 valence electrons. The molecule has 0 saturated heterocycles. The summed E-state index contributed by atoms with van der Waals surface area (Å²) < 4.78 is 14.0. The molecule has 4 heterocycles. The molecule has 0 bridgehead atoms. The van der Waals surface area contributed by atoms with Crippen LogP contribution in [0.1, 0.15) is 32.3 Å². The van der Waals surface area contributed by atoms with Crippen LogP contribution in [0.5, 0.6) is 17.2 Å². The summed E-state index contributed by atoms with van der Waals surface area (Å²) in [4.78, 5) is 15.8. The van der Waals surface area contributed by atoms with Crippen molar-refractivity contribution in [3.63, 3.8) is 0 Å². The molecular weight excluding hydrogens is 478 g/mol. The summed E-state index contributed by atoms with van der Waals surface area (Å²) in [7, 11) is 0. The molecule has 0 amide bonds. The molecule has 1 atom stereocenters. The fourth-order valence-electron chi connectivity index (χ4n) is 4.82. The van der Waals surface area contributed by atoms with E-state index >= 15 is 0 Å². The van der Waals surface area contributed by atoms with Gasteiger partial charge >= 0.3 is 0 Å². The molecule has 0 aliphatic carbocycles. The number of pyridine rings is 1. The molecule has 5 aromatic rings. The Balaban J connectivity index is 1.28. The monoisotopic (exact) mass is 509 g/mol. The minimum atomic E-state index is 0.452. The zero-order valence-corrected chi connectivity index (χ0v) is 21.9. The van der Waals surface area contributed by atoms with Gasteiger partial charge in [0.2, 0.25) is 0 Å². The van der Waals surface area contributed by atoms with E-state index in [-0.39, 0.29) is 0 Å². The van der Waals surface area contributed by atoms with E-state index in [1.54, 1.807) is 10.8 Å². The number of hydrogen-bond acceptors (Lipinski definition) is 8. The lowest BCUT2D eigenvalue weighted by Crippen LogP contribution is -2.29. The van der Waals surface area contributed by atoms with Crippen molar-refractivity contribution < 1.29 is 9.47 Å². The van der Waals surface area contributed by atoms with Crippen molar-refractivity contribution in [2.75, 3.05) is 29.9 Å². The molecule has 3 aromatic heterocycles.